The molecule has 0 fully saturated rings. The van der Waals surface area contributed by atoms with Crippen LogP contribution in [0.25, 0.3) is 11.3 Å². The van der Waals surface area contributed by atoms with Crippen molar-refractivity contribution < 1.29 is 9.90 Å². The van der Waals surface area contributed by atoms with Crippen LogP contribution < -0.4 is 0 Å². The molecule has 0 aromatic carbocycles. The van der Waals surface area contributed by atoms with Crippen LogP contribution in [-0.2, 0) is 0 Å². The second kappa shape index (κ2) is 3.51. The van der Waals surface area contributed by atoms with Crippen LogP contribution in [-0.4, -0.2) is 16.1 Å². The van der Waals surface area contributed by atoms with Crippen LogP contribution in [0.3, 0.4) is 0 Å². The maximum absolute atomic E-state index is 10.8. The zero-order chi connectivity index (χ0) is 10.1. The lowest BCUT2D eigenvalue weighted by Gasteiger charge is -1.93. The van der Waals surface area contributed by atoms with E-state index in [-0.39, 0.29) is 0 Å². The number of carbonyl (C=O) groups is 1. The molecule has 1 N–H and O–H groups in total. The van der Waals surface area contributed by atoms with E-state index < -0.39 is 5.97 Å². The summed E-state index contributed by atoms with van der Waals surface area (Å²) in [6, 6.07) is 1.79. The Hall–Kier alpha value is -1.20. The van der Waals surface area contributed by atoms with Gasteiger partial charge in [-0.1, -0.05) is 0 Å². The average Bonchev–Trinajstić information content (AvgIpc) is 2.70. The standard InChI is InChI=1S/C9H7NO2S2/c1-5-10-7(4-14-5)6-2-3-13-8(6)9(11)12/h2-4H,1H3,(H,11,12). The Bertz CT molecular complexity index is 473. The molecule has 0 saturated carbocycles. The summed E-state index contributed by atoms with van der Waals surface area (Å²) in [5.74, 6) is -0.888. The van der Waals surface area contributed by atoms with Gasteiger partial charge < -0.3 is 5.11 Å². The number of thiophene rings is 1. The maximum atomic E-state index is 10.8. The minimum absolute atomic E-state index is 0.357. The van der Waals surface area contributed by atoms with Crippen LogP contribution in [0.5, 0.6) is 0 Å². The Balaban J connectivity index is 2.51. The molecule has 0 aliphatic carbocycles. The zero-order valence-corrected chi connectivity index (χ0v) is 8.98. The summed E-state index contributed by atoms with van der Waals surface area (Å²) in [5, 5.41) is 13.5. The van der Waals surface area contributed by atoms with Crippen LogP contribution in [0.2, 0.25) is 0 Å². The van der Waals surface area contributed by atoms with E-state index in [1.165, 1.54) is 22.7 Å². The summed E-state index contributed by atoms with van der Waals surface area (Å²) < 4.78 is 0. The normalized spacial score (nSPS) is 10.4. The Kier molecular flexibility index (Phi) is 2.35. The van der Waals surface area contributed by atoms with Crippen LogP contribution in [0, 0.1) is 6.92 Å². The van der Waals surface area contributed by atoms with E-state index in [0.29, 0.717) is 10.4 Å². The Morgan fingerprint density at radius 3 is 2.86 bits per heavy atom. The van der Waals surface area contributed by atoms with Crippen molar-refractivity contribution in [2.75, 3.05) is 0 Å². The van der Waals surface area contributed by atoms with Gasteiger partial charge in [-0.15, -0.1) is 22.7 Å². The average molecular weight is 225 g/mol. The Morgan fingerprint density at radius 2 is 2.29 bits per heavy atom. The lowest BCUT2D eigenvalue weighted by atomic mass is 10.2. The van der Waals surface area contributed by atoms with Crippen LogP contribution in [0.1, 0.15) is 14.7 Å². The third-order valence-corrected chi connectivity index (χ3v) is 3.43. The van der Waals surface area contributed by atoms with Crippen molar-refractivity contribution in [1.82, 2.24) is 4.98 Å². The molecule has 0 unspecified atom stereocenters. The molecule has 0 radical (unpaired) electrons. The lowest BCUT2D eigenvalue weighted by Crippen LogP contribution is -1.94. The number of aromatic nitrogens is 1. The molecule has 0 aliphatic rings. The van der Waals surface area contributed by atoms with E-state index in [9.17, 15) is 4.79 Å². The van der Waals surface area contributed by atoms with Gasteiger partial charge in [0.25, 0.3) is 0 Å². The summed E-state index contributed by atoms with van der Waals surface area (Å²) >= 11 is 2.75. The van der Waals surface area contributed by atoms with E-state index in [1.807, 2.05) is 12.3 Å². The molecule has 14 heavy (non-hydrogen) atoms. The second-order valence-corrected chi connectivity index (χ2v) is 4.70. The molecule has 0 bridgehead atoms. The first-order valence-electron chi connectivity index (χ1n) is 3.92. The molecule has 0 saturated heterocycles. The second-order valence-electron chi connectivity index (χ2n) is 2.72. The van der Waals surface area contributed by atoms with Gasteiger partial charge in [0.15, 0.2) is 0 Å². The van der Waals surface area contributed by atoms with Gasteiger partial charge in [0.2, 0.25) is 0 Å². The molecule has 0 atom stereocenters. The smallest absolute Gasteiger partial charge is 0.346 e. The first kappa shape index (κ1) is 9.36. The van der Waals surface area contributed by atoms with Gasteiger partial charge in [-0.05, 0) is 18.4 Å². The van der Waals surface area contributed by atoms with Gasteiger partial charge in [0.05, 0.1) is 10.7 Å². The molecule has 0 aliphatic heterocycles. The number of carboxylic acid groups (broad SMARTS) is 1. The van der Waals surface area contributed by atoms with Crippen molar-refractivity contribution in [1.29, 1.82) is 0 Å². The quantitative estimate of drug-likeness (QED) is 0.855. The monoisotopic (exact) mass is 225 g/mol. The van der Waals surface area contributed by atoms with Crippen molar-refractivity contribution in [3.05, 3.63) is 26.7 Å². The largest absolute Gasteiger partial charge is 0.477 e. The first-order valence-corrected chi connectivity index (χ1v) is 5.67. The van der Waals surface area contributed by atoms with Crippen LogP contribution >= 0.6 is 22.7 Å². The SMILES string of the molecule is Cc1nc(-c2ccsc2C(=O)O)cs1. The van der Waals surface area contributed by atoms with Crippen LogP contribution in [0.15, 0.2) is 16.8 Å². The van der Waals surface area contributed by atoms with Crippen molar-refractivity contribution in [2.24, 2.45) is 0 Å². The number of carboxylic acids is 1. The molecule has 5 heteroatoms. The molecule has 2 aromatic heterocycles. The minimum Gasteiger partial charge on any atom is -0.477 e. The molecule has 2 aromatic rings. The molecule has 2 rings (SSSR count). The fourth-order valence-corrected chi connectivity index (χ4v) is 2.52. The number of hydrogen-bond donors (Lipinski definition) is 1. The number of rotatable bonds is 2. The summed E-state index contributed by atoms with van der Waals surface area (Å²) in [5.41, 5.74) is 1.47. The molecule has 0 spiro atoms. The van der Waals surface area contributed by atoms with Gasteiger partial charge in [0, 0.05) is 10.9 Å². The minimum atomic E-state index is -0.888. The van der Waals surface area contributed by atoms with Crippen molar-refractivity contribution in [2.45, 2.75) is 6.92 Å². The molecular weight excluding hydrogens is 218 g/mol. The maximum Gasteiger partial charge on any atom is 0.346 e. The fraction of sp³-hybridized carbons (Fsp3) is 0.111. The summed E-state index contributed by atoms with van der Waals surface area (Å²) in [6.07, 6.45) is 0. The number of aromatic carboxylic acids is 1. The highest BCUT2D eigenvalue weighted by Crippen LogP contribution is 2.28. The van der Waals surface area contributed by atoms with E-state index in [4.69, 9.17) is 5.11 Å². The Morgan fingerprint density at radius 1 is 1.50 bits per heavy atom. The highest BCUT2D eigenvalue weighted by atomic mass is 32.1. The van der Waals surface area contributed by atoms with Gasteiger partial charge in [0.1, 0.15) is 4.88 Å². The third kappa shape index (κ3) is 1.56. The number of nitrogens with zero attached hydrogens (tertiary/aromatic N) is 1. The highest BCUT2D eigenvalue weighted by Gasteiger charge is 2.14. The van der Waals surface area contributed by atoms with Gasteiger partial charge >= 0.3 is 5.97 Å². The van der Waals surface area contributed by atoms with Crippen LogP contribution in [0.4, 0.5) is 0 Å². The molecule has 2 heterocycles. The molecule has 72 valence electrons. The van der Waals surface area contributed by atoms with E-state index >= 15 is 0 Å². The predicted octanol–water partition coefficient (Wildman–Crippen LogP) is 2.88. The van der Waals surface area contributed by atoms with E-state index in [1.54, 1.807) is 11.4 Å². The van der Waals surface area contributed by atoms with Gasteiger partial charge in [-0.25, -0.2) is 9.78 Å². The van der Waals surface area contributed by atoms with E-state index in [0.717, 1.165) is 10.7 Å². The van der Waals surface area contributed by atoms with Gasteiger partial charge in [-0.3, -0.25) is 0 Å². The summed E-state index contributed by atoms with van der Waals surface area (Å²) in [6.45, 7) is 1.90. The number of hydrogen-bond acceptors (Lipinski definition) is 4. The third-order valence-electron chi connectivity index (χ3n) is 1.75. The molecule has 0 amide bonds. The Labute approximate surface area is 88.7 Å². The topological polar surface area (TPSA) is 50.2 Å². The highest BCUT2D eigenvalue weighted by molar-refractivity contribution is 7.12. The van der Waals surface area contributed by atoms with E-state index in [2.05, 4.69) is 4.98 Å². The van der Waals surface area contributed by atoms with Crippen molar-refractivity contribution in [3.63, 3.8) is 0 Å². The summed E-state index contributed by atoms with van der Waals surface area (Å²) in [4.78, 5) is 15.5. The fourth-order valence-electron chi connectivity index (χ4n) is 1.16. The number of aryl methyl sites for hydroxylation is 1. The number of thiazole rings is 1. The predicted molar refractivity (Wildman–Crippen MR) is 57.1 cm³/mol. The lowest BCUT2D eigenvalue weighted by molar-refractivity contribution is 0.0703. The zero-order valence-electron chi connectivity index (χ0n) is 7.35. The summed E-state index contributed by atoms with van der Waals surface area (Å²) in [7, 11) is 0. The first-order chi connectivity index (χ1) is 6.68. The van der Waals surface area contributed by atoms with Crippen molar-refractivity contribution in [3.8, 4) is 11.3 Å². The molecule has 3 nitrogen and oxygen atoms in total. The van der Waals surface area contributed by atoms with Gasteiger partial charge in [-0.2, -0.15) is 0 Å². The molecular formula is C9H7NO2S2. The van der Waals surface area contributed by atoms with Crippen molar-refractivity contribution >= 4 is 28.6 Å².